The van der Waals surface area contributed by atoms with Crippen LogP contribution in [0.2, 0.25) is 0 Å². The minimum Gasteiger partial charge on any atom is -0.462 e. The SMILES string of the molecule is CC(Cc1ccccc1CCOC(=O)c1ccccc1)NC(F)(F)F. The molecule has 1 N–H and O–H groups in total. The zero-order valence-corrected chi connectivity index (χ0v) is 13.8. The summed E-state index contributed by atoms with van der Waals surface area (Å²) >= 11 is 0. The summed E-state index contributed by atoms with van der Waals surface area (Å²) in [6.07, 6.45) is -3.71. The molecule has 0 bridgehead atoms. The Morgan fingerprint density at radius 3 is 2.28 bits per heavy atom. The molecule has 0 aliphatic carbocycles. The fourth-order valence-corrected chi connectivity index (χ4v) is 2.57. The van der Waals surface area contributed by atoms with Gasteiger partial charge in [0.05, 0.1) is 12.2 Å². The summed E-state index contributed by atoms with van der Waals surface area (Å²) in [5.74, 6) is -0.412. The lowest BCUT2D eigenvalue weighted by Gasteiger charge is -2.18. The van der Waals surface area contributed by atoms with Gasteiger partial charge in [0.25, 0.3) is 0 Å². The lowest BCUT2D eigenvalue weighted by atomic mass is 9.99. The average Bonchev–Trinajstić information content (AvgIpc) is 2.55. The molecule has 2 aromatic carbocycles. The Hall–Kier alpha value is -2.34. The van der Waals surface area contributed by atoms with Gasteiger partial charge in [0.2, 0.25) is 0 Å². The normalized spacial score (nSPS) is 12.6. The molecule has 0 aromatic heterocycles. The first kappa shape index (κ1) is 19.0. The fourth-order valence-electron chi connectivity index (χ4n) is 2.57. The van der Waals surface area contributed by atoms with Crippen LogP contribution in [0.15, 0.2) is 54.6 Å². The van der Waals surface area contributed by atoms with Gasteiger partial charge in [-0.3, -0.25) is 0 Å². The number of hydrogen-bond donors (Lipinski definition) is 1. The Bertz CT molecular complexity index is 687. The Balaban J connectivity index is 1.91. The van der Waals surface area contributed by atoms with E-state index in [0.717, 1.165) is 11.1 Å². The van der Waals surface area contributed by atoms with Gasteiger partial charge in [-0.25, -0.2) is 10.1 Å². The Kier molecular flexibility index (Phi) is 6.58. The van der Waals surface area contributed by atoms with Crippen molar-refractivity contribution in [2.45, 2.75) is 32.1 Å². The molecule has 0 aliphatic rings. The van der Waals surface area contributed by atoms with Crippen LogP contribution in [0.5, 0.6) is 0 Å². The number of carbonyl (C=O) groups is 1. The topological polar surface area (TPSA) is 38.3 Å². The molecule has 1 atom stereocenters. The number of nitrogens with one attached hydrogen (secondary N) is 1. The van der Waals surface area contributed by atoms with E-state index in [1.54, 1.807) is 41.7 Å². The highest BCUT2D eigenvalue weighted by Gasteiger charge is 2.29. The lowest BCUT2D eigenvalue weighted by Crippen LogP contribution is -2.40. The second-order valence-corrected chi connectivity index (χ2v) is 5.77. The number of esters is 1. The monoisotopic (exact) mass is 351 g/mol. The van der Waals surface area contributed by atoms with Gasteiger partial charge >= 0.3 is 12.3 Å². The van der Waals surface area contributed by atoms with E-state index in [2.05, 4.69) is 0 Å². The number of halogens is 3. The molecule has 0 amide bonds. The fraction of sp³-hybridized carbons (Fsp3) is 0.316. The Morgan fingerprint density at radius 2 is 1.64 bits per heavy atom. The van der Waals surface area contributed by atoms with Crippen LogP contribution < -0.4 is 5.32 Å². The van der Waals surface area contributed by atoms with Crippen LogP contribution in [0.3, 0.4) is 0 Å². The molecule has 2 aromatic rings. The minimum atomic E-state index is -4.40. The van der Waals surface area contributed by atoms with Crippen molar-refractivity contribution < 1.29 is 22.7 Å². The van der Waals surface area contributed by atoms with Crippen LogP contribution in [-0.4, -0.2) is 24.9 Å². The van der Waals surface area contributed by atoms with E-state index in [0.29, 0.717) is 12.0 Å². The second kappa shape index (κ2) is 8.67. The van der Waals surface area contributed by atoms with E-state index < -0.39 is 18.3 Å². The zero-order valence-electron chi connectivity index (χ0n) is 13.8. The Morgan fingerprint density at radius 1 is 1.04 bits per heavy atom. The third-order valence-corrected chi connectivity index (χ3v) is 3.67. The quantitative estimate of drug-likeness (QED) is 0.602. The van der Waals surface area contributed by atoms with Gasteiger partial charge < -0.3 is 4.74 Å². The minimum absolute atomic E-state index is 0.172. The van der Waals surface area contributed by atoms with Crippen molar-refractivity contribution in [3.05, 3.63) is 71.3 Å². The van der Waals surface area contributed by atoms with Gasteiger partial charge in [0.15, 0.2) is 0 Å². The third kappa shape index (κ3) is 6.58. The van der Waals surface area contributed by atoms with Crippen LogP contribution in [0, 0.1) is 0 Å². The maximum absolute atomic E-state index is 12.4. The van der Waals surface area contributed by atoms with Crippen molar-refractivity contribution in [3.63, 3.8) is 0 Å². The summed E-state index contributed by atoms with van der Waals surface area (Å²) < 4.78 is 42.4. The van der Waals surface area contributed by atoms with E-state index in [1.807, 2.05) is 18.2 Å². The summed E-state index contributed by atoms with van der Waals surface area (Å²) in [4.78, 5) is 11.9. The predicted octanol–water partition coefficient (Wildman–Crippen LogP) is 4.13. The van der Waals surface area contributed by atoms with E-state index in [9.17, 15) is 18.0 Å². The third-order valence-electron chi connectivity index (χ3n) is 3.67. The van der Waals surface area contributed by atoms with Gasteiger partial charge in [-0.05, 0) is 36.6 Å². The number of hydrogen-bond acceptors (Lipinski definition) is 3. The number of carbonyl (C=O) groups excluding carboxylic acids is 1. The van der Waals surface area contributed by atoms with Gasteiger partial charge in [-0.15, -0.1) is 0 Å². The highest BCUT2D eigenvalue weighted by atomic mass is 19.4. The summed E-state index contributed by atoms with van der Waals surface area (Å²) in [6.45, 7) is 1.66. The molecule has 3 nitrogen and oxygen atoms in total. The summed E-state index contributed by atoms with van der Waals surface area (Å²) in [7, 11) is 0. The predicted molar refractivity (Wildman–Crippen MR) is 89.2 cm³/mol. The molecule has 0 fully saturated rings. The molecule has 0 saturated carbocycles. The van der Waals surface area contributed by atoms with Crippen molar-refractivity contribution in [1.29, 1.82) is 0 Å². The standard InChI is InChI=1S/C19H20F3NO2/c1-14(23-19(20,21)22)13-17-10-6-5-7-15(17)11-12-25-18(24)16-8-3-2-4-9-16/h2-10,14,23H,11-13H2,1H3. The van der Waals surface area contributed by atoms with Crippen LogP contribution in [0.25, 0.3) is 0 Å². The number of benzene rings is 2. The smallest absolute Gasteiger partial charge is 0.457 e. The van der Waals surface area contributed by atoms with Crippen molar-refractivity contribution in [3.8, 4) is 0 Å². The van der Waals surface area contributed by atoms with E-state index in [1.165, 1.54) is 6.92 Å². The number of rotatable bonds is 7. The molecular formula is C19H20F3NO2. The van der Waals surface area contributed by atoms with Crippen LogP contribution in [-0.2, 0) is 17.6 Å². The Labute approximate surface area is 144 Å². The van der Waals surface area contributed by atoms with E-state index in [-0.39, 0.29) is 13.0 Å². The molecule has 1 unspecified atom stereocenters. The van der Waals surface area contributed by atoms with Crippen LogP contribution >= 0.6 is 0 Å². The van der Waals surface area contributed by atoms with Crippen molar-refractivity contribution in [2.75, 3.05) is 6.61 Å². The summed E-state index contributed by atoms with van der Waals surface area (Å²) in [5.41, 5.74) is 2.15. The lowest BCUT2D eigenvalue weighted by molar-refractivity contribution is -0.162. The van der Waals surface area contributed by atoms with Crippen molar-refractivity contribution >= 4 is 5.97 Å². The molecule has 0 aliphatic heterocycles. The first-order valence-electron chi connectivity index (χ1n) is 7.98. The first-order chi connectivity index (χ1) is 11.8. The highest BCUT2D eigenvalue weighted by Crippen LogP contribution is 2.16. The largest absolute Gasteiger partial charge is 0.462 e. The van der Waals surface area contributed by atoms with Crippen LogP contribution in [0.1, 0.15) is 28.4 Å². The van der Waals surface area contributed by atoms with Gasteiger partial charge in [-0.1, -0.05) is 42.5 Å². The van der Waals surface area contributed by atoms with Crippen molar-refractivity contribution in [1.82, 2.24) is 5.32 Å². The molecule has 0 radical (unpaired) electrons. The summed E-state index contributed by atoms with van der Waals surface area (Å²) in [5, 5.41) is 1.61. The molecule has 0 saturated heterocycles. The molecule has 2 rings (SSSR count). The summed E-state index contributed by atoms with van der Waals surface area (Å²) in [6, 6.07) is 15.1. The first-order valence-corrected chi connectivity index (χ1v) is 7.98. The molecular weight excluding hydrogens is 331 g/mol. The molecule has 6 heteroatoms. The second-order valence-electron chi connectivity index (χ2n) is 5.77. The maximum atomic E-state index is 12.4. The molecule has 25 heavy (non-hydrogen) atoms. The van der Waals surface area contributed by atoms with E-state index >= 15 is 0 Å². The zero-order chi connectivity index (χ0) is 18.3. The van der Waals surface area contributed by atoms with Gasteiger partial charge in [0, 0.05) is 12.5 Å². The molecule has 0 spiro atoms. The highest BCUT2D eigenvalue weighted by molar-refractivity contribution is 5.89. The van der Waals surface area contributed by atoms with Crippen molar-refractivity contribution in [2.24, 2.45) is 0 Å². The maximum Gasteiger partial charge on any atom is 0.457 e. The van der Waals surface area contributed by atoms with E-state index in [4.69, 9.17) is 4.74 Å². The van der Waals surface area contributed by atoms with Gasteiger partial charge in [0.1, 0.15) is 0 Å². The average molecular weight is 351 g/mol. The van der Waals surface area contributed by atoms with Gasteiger partial charge in [-0.2, -0.15) is 13.2 Å². The number of alkyl halides is 3. The molecule has 134 valence electrons. The molecule has 0 heterocycles. The van der Waals surface area contributed by atoms with Crippen LogP contribution in [0.4, 0.5) is 13.2 Å². The number of ether oxygens (including phenoxy) is 1.